The molecule has 6 heteroatoms. The average molecular weight is 414 g/mol. The maximum Gasteiger partial charge on any atom is 0.266 e. The zero-order chi connectivity index (χ0) is 20.1. The summed E-state index contributed by atoms with van der Waals surface area (Å²) in [5.74, 6) is -0.0221. The molecule has 28 heavy (non-hydrogen) atoms. The third kappa shape index (κ3) is 4.42. The molecule has 146 valence electrons. The molecule has 3 rings (SSSR count). The quantitative estimate of drug-likeness (QED) is 0.560. The fourth-order valence-corrected chi connectivity index (χ4v) is 4.27. The van der Waals surface area contributed by atoms with Crippen molar-refractivity contribution in [1.29, 1.82) is 0 Å². The van der Waals surface area contributed by atoms with E-state index >= 15 is 0 Å². The van der Waals surface area contributed by atoms with Gasteiger partial charge >= 0.3 is 0 Å². The number of hydrogen-bond acceptors (Lipinski definition) is 4. The summed E-state index contributed by atoms with van der Waals surface area (Å²) in [4.78, 5) is 22.1. The summed E-state index contributed by atoms with van der Waals surface area (Å²) in [6.07, 6.45) is 1.93. The van der Waals surface area contributed by atoms with Crippen LogP contribution < -0.4 is 4.90 Å². The lowest BCUT2D eigenvalue weighted by Crippen LogP contribution is -2.28. The first-order valence-corrected chi connectivity index (χ1v) is 10.7. The van der Waals surface area contributed by atoms with E-state index in [9.17, 15) is 4.79 Å². The van der Waals surface area contributed by atoms with Gasteiger partial charge in [0.05, 0.1) is 15.6 Å². The van der Waals surface area contributed by atoms with E-state index in [1.807, 2.05) is 43.3 Å². The lowest BCUT2D eigenvalue weighted by atomic mass is 10.1. The molecule has 2 aromatic rings. The summed E-state index contributed by atoms with van der Waals surface area (Å²) in [5, 5.41) is 1.23. The van der Waals surface area contributed by atoms with E-state index in [-0.39, 0.29) is 5.91 Å². The molecule has 0 atom stereocenters. The van der Waals surface area contributed by atoms with E-state index in [1.54, 1.807) is 11.0 Å². The van der Waals surface area contributed by atoms with Crippen LogP contribution in [-0.2, 0) is 4.79 Å². The van der Waals surface area contributed by atoms with Crippen molar-refractivity contribution in [1.82, 2.24) is 4.90 Å². The Morgan fingerprint density at radius 3 is 2.36 bits per heavy atom. The first kappa shape index (κ1) is 20.5. The topological polar surface area (TPSA) is 35.9 Å². The first-order chi connectivity index (χ1) is 13.6. The number of benzene rings is 2. The van der Waals surface area contributed by atoms with Crippen molar-refractivity contribution in [3.8, 4) is 0 Å². The van der Waals surface area contributed by atoms with E-state index in [1.165, 1.54) is 17.4 Å². The number of carbonyl (C=O) groups is 1. The Labute approximate surface area is 175 Å². The minimum Gasteiger partial charge on any atom is -0.372 e. The van der Waals surface area contributed by atoms with Gasteiger partial charge in [0, 0.05) is 25.3 Å². The van der Waals surface area contributed by atoms with Crippen LogP contribution in [0.15, 0.2) is 58.4 Å². The van der Waals surface area contributed by atoms with Crippen LogP contribution in [0.4, 0.5) is 11.4 Å². The Morgan fingerprint density at radius 1 is 1.07 bits per heavy atom. The second kappa shape index (κ2) is 9.30. The molecule has 0 radical (unpaired) electrons. The SMILES string of the molecule is CCN1C(=O)/C(=C\c2ccc(N(CC)CC)cc2)SC1=Nc1ccccc1Cl. The number of nitrogens with zero attached hydrogens (tertiary/aromatic N) is 3. The summed E-state index contributed by atoms with van der Waals surface area (Å²) >= 11 is 7.61. The van der Waals surface area contributed by atoms with Crippen molar-refractivity contribution < 1.29 is 4.79 Å². The minimum atomic E-state index is -0.0221. The van der Waals surface area contributed by atoms with E-state index in [2.05, 4.69) is 35.9 Å². The molecule has 4 nitrogen and oxygen atoms in total. The Hall–Kier alpha value is -2.24. The van der Waals surface area contributed by atoms with Crippen LogP contribution in [0.3, 0.4) is 0 Å². The van der Waals surface area contributed by atoms with Gasteiger partial charge in [-0.05, 0) is 68.4 Å². The third-order valence-corrected chi connectivity index (χ3v) is 5.92. The zero-order valence-electron chi connectivity index (χ0n) is 16.4. The summed E-state index contributed by atoms with van der Waals surface area (Å²) < 4.78 is 0. The van der Waals surface area contributed by atoms with Gasteiger partial charge in [0.2, 0.25) is 0 Å². The maximum atomic E-state index is 12.8. The molecule has 0 aliphatic carbocycles. The fraction of sp³-hybridized carbons (Fsp3) is 0.273. The van der Waals surface area contributed by atoms with Gasteiger partial charge in [-0.2, -0.15) is 0 Å². The number of aliphatic imine (C=N–C) groups is 1. The van der Waals surface area contributed by atoms with Crippen molar-refractivity contribution in [2.45, 2.75) is 20.8 Å². The van der Waals surface area contributed by atoms with E-state index < -0.39 is 0 Å². The number of rotatable bonds is 6. The average Bonchev–Trinajstić information content (AvgIpc) is 3.00. The number of anilines is 1. The lowest BCUT2D eigenvalue weighted by Gasteiger charge is -2.20. The molecular weight excluding hydrogens is 390 g/mol. The van der Waals surface area contributed by atoms with Crippen LogP contribution >= 0.6 is 23.4 Å². The Bertz CT molecular complexity index is 904. The van der Waals surface area contributed by atoms with Crippen molar-refractivity contribution >= 4 is 51.9 Å². The van der Waals surface area contributed by atoms with E-state index in [0.29, 0.717) is 27.3 Å². The van der Waals surface area contributed by atoms with Crippen LogP contribution in [0.5, 0.6) is 0 Å². The number of para-hydroxylation sites is 1. The number of amidine groups is 1. The van der Waals surface area contributed by atoms with Crippen molar-refractivity contribution in [2.24, 2.45) is 4.99 Å². The highest BCUT2D eigenvalue weighted by Crippen LogP contribution is 2.35. The molecule has 1 amide bonds. The number of amides is 1. The Morgan fingerprint density at radius 2 is 1.75 bits per heavy atom. The maximum absolute atomic E-state index is 12.8. The molecule has 1 aliphatic heterocycles. The smallest absolute Gasteiger partial charge is 0.266 e. The number of likely N-dealkylation sites (N-methyl/N-ethyl adjacent to an activating group) is 1. The van der Waals surface area contributed by atoms with E-state index in [0.717, 1.165) is 18.7 Å². The minimum absolute atomic E-state index is 0.0221. The predicted molar refractivity (Wildman–Crippen MR) is 122 cm³/mol. The molecule has 1 heterocycles. The summed E-state index contributed by atoms with van der Waals surface area (Å²) in [6.45, 7) is 8.74. The van der Waals surface area contributed by atoms with Gasteiger partial charge in [0.15, 0.2) is 5.17 Å². The second-order valence-corrected chi connectivity index (χ2v) is 7.69. The number of hydrogen-bond donors (Lipinski definition) is 0. The highest BCUT2D eigenvalue weighted by Gasteiger charge is 2.32. The molecule has 0 bridgehead atoms. The molecule has 2 aromatic carbocycles. The molecule has 0 unspecified atom stereocenters. The monoisotopic (exact) mass is 413 g/mol. The van der Waals surface area contributed by atoms with Gasteiger partial charge in [-0.3, -0.25) is 9.69 Å². The molecule has 1 saturated heterocycles. The summed E-state index contributed by atoms with van der Waals surface area (Å²) in [5.41, 5.74) is 2.86. The molecule has 1 fully saturated rings. The van der Waals surface area contributed by atoms with Crippen molar-refractivity contribution in [2.75, 3.05) is 24.5 Å². The van der Waals surface area contributed by atoms with E-state index in [4.69, 9.17) is 11.6 Å². The van der Waals surface area contributed by atoms with Gasteiger partial charge in [0.1, 0.15) is 0 Å². The second-order valence-electron chi connectivity index (χ2n) is 6.27. The molecule has 0 aromatic heterocycles. The van der Waals surface area contributed by atoms with Crippen molar-refractivity contribution in [3.05, 3.63) is 64.0 Å². The highest BCUT2D eigenvalue weighted by atomic mass is 35.5. The lowest BCUT2D eigenvalue weighted by molar-refractivity contribution is -0.122. The van der Waals surface area contributed by atoms with Gasteiger partial charge < -0.3 is 4.90 Å². The number of carbonyl (C=O) groups excluding carboxylic acids is 1. The van der Waals surface area contributed by atoms with Crippen LogP contribution in [0, 0.1) is 0 Å². The van der Waals surface area contributed by atoms with Gasteiger partial charge in [-0.15, -0.1) is 0 Å². The van der Waals surface area contributed by atoms with Gasteiger partial charge in [0.25, 0.3) is 5.91 Å². The highest BCUT2D eigenvalue weighted by molar-refractivity contribution is 8.18. The van der Waals surface area contributed by atoms with Gasteiger partial charge in [-0.1, -0.05) is 35.9 Å². The normalized spacial score (nSPS) is 17.0. The van der Waals surface area contributed by atoms with Crippen molar-refractivity contribution in [3.63, 3.8) is 0 Å². The predicted octanol–water partition coefficient (Wildman–Crippen LogP) is 5.81. The fourth-order valence-electron chi connectivity index (χ4n) is 3.04. The van der Waals surface area contributed by atoms with Crippen LogP contribution in [-0.4, -0.2) is 35.6 Å². The number of thioether (sulfide) groups is 1. The number of halogens is 1. The largest absolute Gasteiger partial charge is 0.372 e. The van der Waals surface area contributed by atoms with Crippen LogP contribution in [0.1, 0.15) is 26.3 Å². The molecule has 1 aliphatic rings. The first-order valence-electron chi connectivity index (χ1n) is 9.47. The third-order valence-electron chi connectivity index (χ3n) is 4.59. The van der Waals surface area contributed by atoms with Gasteiger partial charge in [-0.25, -0.2) is 4.99 Å². The van der Waals surface area contributed by atoms with Crippen LogP contribution in [0.2, 0.25) is 5.02 Å². The Balaban J connectivity index is 1.87. The summed E-state index contributed by atoms with van der Waals surface area (Å²) in [6, 6.07) is 15.7. The molecule has 0 N–H and O–H groups in total. The summed E-state index contributed by atoms with van der Waals surface area (Å²) in [7, 11) is 0. The van der Waals surface area contributed by atoms with Crippen LogP contribution in [0.25, 0.3) is 6.08 Å². The Kier molecular flexibility index (Phi) is 6.81. The molecule has 0 spiro atoms. The standard InChI is InChI=1S/C22H24ClN3OS/c1-4-25(5-2)17-13-11-16(12-14-17)15-20-21(27)26(6-3)22(28-20)24-19-10-8-7-9-18(19)23/h7-15H,4-6H2,1-3H3/b20-15+,24-22?. The molecular formula is C22H24ClN3OS. The zero-order valence-corrected chi connectivity index (χ0v) is 17.9. The molecule has 0 saturated carbocycles.